The van der Waals surface area contributed by atoms with Crippen molar-refractivity contribution in [3.8, 4) is 17.0 Å². The van der Waals surface area contributed by atoms with E-state index in [4.69, 9.17) is 4.74 Å². The third-order valence-corrected chi connectivity index (χ3v) is 5.63. The molecule has 0 fully saturated rings. The van der Waals surface area contributed by atoms with Gasteiger partial charge in [0.2, 0.25) is 0 Å². The van der Waals surface area contributed by atoms with Crippen molar-refractivity contribution in [2.75, 3.05) is 18.9 Å². The molecule has 3 aromatic carbocycles. The molecule has 29 heavy (non-hydrogen) atoms. The van der Waals surface area contributed by atoms with E-state index < -0.39 is 0 Å². The van der Waals surface area contributed by atoms with E-state index in [2.05, 4.69) is 40.6 Å². The number of ether oxygens (including phenoxy) is 1. The standard InChI is InChI=1S/C24H22N2O2S/c27-22(17-28-19-11-5-2-6-12-19)25-15-16-29-24-20-13-7-8-14-21(20)26-23(24)18-9-3-1-4-10-18/h1-14,26H,15-17H2,(H,25,27). The summed E-state index contributed by atoms with van der Waals surface area (Å²) in [4.78, 5) is 16.8. The monoisotopic (exact) mass is 402 g/mol. The van der Waals surface area contributed by atoms with Crippen LogP contribution in [0, 0.1) is 0 Å². The molecule has 0 aliphatic rings. The maximum Gasteiger partial charge on any atom is 0.257 e. The molecule has 4 nitrogen and oxygen atoms in total. The molecule has 0 spiro atoms. The van der Waals surface area contributed by atoms with Crippen LogP contribution >= 0.6 is 11.8 Å². The third-order valence-electron chi connectivity index (χ3n) is 4.50. The summed E-state index contributed by atoms with van der Waals surface area (Å²) >= 11 is 1.75. The molecule has 0 saturated carbocycles. The molecule has 0 radical (unpaired) electrons. The fourth-order valence-electron chi connectivity index (χ4n) is 3.13. The van der Waals surface area contributed by atoms with Gasteiger partial charge in [-0.25, -0.2) is 0 Å². The highest BCUT2D eigenvalue weighted by Gasteiger charge is 2.13. The summed E-state index contributed by atoms with van der Waals surface area (Å²) in [5, 5.41) is 4.13. The first-order valence-electron chi connectivity index (χ1n) is 9.55. The Labute approximate surface area is 174 Å². The van der Waals surface area contributed by atoms with Crippen LogP contribution in [0.3, 0.4) is 0 Å². The smallest absolute Gasteiger partial charge is 0.257 e. The quantitative estimate of drug-likeness (QED) is 0.318. The lowest BCUT2D eigenvalue weighted by molar-refractivity contribution is -0.122. The molecule has 1 heterocycles. The molecule has 0 aliphatic carbocycles. The number of thioether (sulfide) groups is 1. The first-order valence-corrected chi connectivity index (χ1v) is 10.5. The molecular formula is C24H22N2O2S. The van der Waals surface area contributed by atoms with Gasteiger partial charge in [-0.05, 0) is 23.8 Å². The van der Waals surface area contributed by atoms with E-state index in [1.165, 1.54) is 10.3 Å². The molecule has 0 aliphatic heterocycles. The third kappa shape index (κ3) is 4.81. The summed E-state index contributed by atoms with van der Waals surface area (Å²) in [5.74, 6) is 1.36. The Hall–Kier alpha value is -3.18. The van der Waals surface area contributed by atoms with Crippen molar-refractivity contribution in [1.82, 2.24) is 10.3 Å². The summed E-state index contributed by atoms with van der Waals surface area (Å²) in [6.45, 7) is 0.604. The number of carbonyl (C=O) groups excluding carboxylic acids is 1. The second kappa shape index (κ2) is 9.34. The molecule has 5 heteroatoms. The molecule has 1 aromatic heterocycles. The van der Waals surface area contributed by atoms with Crippen molar-refractivity contribution >= 4 is 28.6 Å². The Morgan fingerprint density at radius 2 is 1.59 bits per heavy atom. The van der Waals surface area contributed by atoms with Crippen LogP contribution < -0.4 is 10.1 Å². The van der Waals surface area contributed by atoms with Gasteiger partial charge in [0.05, 0.1) is 5.69 Å². The zero-order valence-electron chi connectivity index (χ0n) is 15.9. The van der Waals surface area contributed by atoms with E-state index in [1.54, 1.807) is 11.8 Å². The summed E-state index contributed by atoms with van der Waals surface area (Å²) < 4.78 is 5.48. The Morgan fingerprint density at radius 3 is 2.38 bits per heavy atom. The van der Waals surface area contributed by atoms with Crippen LogP contribution in [0.2, 0.25) is 0 Å². The number of aromatic nitrogens is 1. The highest BCUT2D eigenvalue weighted by molar-refractivity contribution is 7.99. The summed E-state index contributed by atoms with van der Waals surface area (Å²) in [5.41, 5.74) is 3.40. The van der Waals surface area contributed by atoms with Gasteiger partial charge in [0.1, 0.15) is 5.75 Å². The van der Waals surface area contributed by atoms with Gasteiger partial charge in [-0.3, -0.25) is 4.79 Å². The van der Waals surface area contributed by atoms with Gasteiger partial charge in [0.25, 0.3) is 5.91 Å². The second-order valence-corrected chi connectivity index (χ2v) is 7.65. The van der Waals surface area contributed by atoms with Gasteiger partial charge in [0, 0.05) is 28.1 Å². The van der Waals surface area contributed by atoms with Gasteiger partial charge in [-0.1, -0.05) is 66.7 Å². The van der Waals surface area contributed by atoms with Gasteiger partial charge >= 0.3 is 0 Å². The molecule has 4 rings (SSSR count). The van der Waals surface area contributed by atoms with Crippen LogP contribution in [-0.2, 0) is 4.79 Å². The lowest BCUT2D eigenvalue weighted by Gasteiger charge is -2.08. The van der Waals surface area contributed by atoms with Crippen LogP contribution in [0.5, 0.6) is 5.75 Å². The first kappa shape index (κ1) is 19.2. The largest absolute Gasteiger partial charge is 0.484 e. The second-order valence-electron chi connectivity index (χ2n) is 6.54. The number of nitrogens with one attached hydrogen (secondary N) is 2. The number of aromatic amines is 1. The molecule has 0 atom stereocenters. The minimum absolute atomic E-state index is 0.0248. The van der Waals surface area contributed by atoms with Crippen LogP contribution in [0.15, 0.2) is 89.8 Å². The molecule has 1 amide bonds. The number of hydrogen-bond acceptors (Lipinski definition) is 3. The Balaban J connectivity index is 1.36. The number of carbonyl (C=O) groups is 1. The van der Waals surface area contributed by atoms with Crippen molar-refractivity contribution in [2.45, 2.75) is 4.90 Å². The normalized spacial score (nSPS) is 10.8. The predicted octanol–water partition coefficient (Wildman–Crippen LogP) is 5.12. The molecule has 146 valence electrons. The van der Waals surface area contributed by atoms with E-state index in [9.17, 15) is 4.79 Å². The molecule has 0 saturated heterocycles. The topological polar surface area (TPSA) is 54.1 Å². The number of hydrogen-bond donors (Lipinski definition) is 2. The minimum Gasteiger partial charge on any atom is -0.484 e. The summed E-state index contributed by atoms with van der Waals surface area (Å²) in [6, 6.07) is 28.0. The Kier molecular flexibility index (Phi) is 6.17. The average Bonchev–Trinajstić information content (AvgIpc) is 3.15. The molecular weight excluding hydrogens is 380 g/mol. The number of fused-ring (bicyclic) bond motifs is 1. The van der Waals surface area contributed by atoms with Crippen molar-refractivity contribution < 1.29 is 9.53 Å². The SMILES string of the molecule is O=C(COc1ccccc1)NCCSc1c(-c2ccccc2)[nH]c2ccccc12. The zero-order chi connectivity index (χ0) is 19.9. The molecule has 4 aromatic rings. The van der Waals surface area contributed by atoms with Gasteiger partial charge in [0.15, 0.2) is 6.61 Å². The van der Waals surface area contributed by atoms with E-state index in [-0.39, 0.29) is 12.5 Å². The molecule has 0 unspecified atom stereocenters. The van der Waals surface area contributed by atoms with Crippen molar-refractivity contribution in [3.05, 3.63) is 84.9 Å². The van der Waals surface area contributed by atoms with Crippen LogP contribution in [-0.4, -0.2) is 29.8 Å². The van der Waals surface area contributed by atoms with E-state index >= 15 is 0 Å². The van der Waals surface area contributed by atoms with Crippen LogP contribution in [0.25, 0.3) is 22.2 Å². The van der Waals surface area contributed by atoms with Crippen LogP contribution in [0.1, 0.15) is 0 Å². The van der Waals surface area contributed by atoms with Gasteiger partial charge in [-0.2, -0.15) is 0 Å². The Bertz CT molecular complexity index is 1080. The van der Waals surface area contributed by atoms with Crippen molar-refractivity contribution in [1.29, 1.82) is 0 Å². The van der Waals surface area contributed by atoms with Crippen molar-refractivity contribution in [3.63, 3.8) is 0 Å². The maximum atomic E-state index is 12.0. The van der Waals surface area contributed by atoms with Gasteiger partial charge < -0.3 is 15.0 Å². The molecule has 2 N–H and O–H groups in total. The zero-order valence-corrected chi connectivity index (χ0v) is 16.7. The highest BCUT2D eigenvalue weighted by atomic mass is 32.2. The molecule has 0 bridgehead atoms. The lowest BCUT2D eigenvalue weighted by Crippen LogP contribution is -2.30. The fourth-order valence-corrected chi connectivity index (χ4v) is 4.19. The Morgan fingerprint density at radius 1 is 0.897 bits per heavy atom. The highest BCUT2D eigenvalue weighted by Crippen LogP contribution is 2.37. The fraction of sp³-hybridized carbons (Fsp3) is 0.125. The van der Waals surface area contributed by atoms with E-state index in [0.29, 0.717) is 12.3 Å². The summed E-state index contributed by atoms with van der Waals surface area (Å²) in [7, 11) is 0. The van der Waals surface area contributed by atoms with Gasteiger partial charge in [-0.15, -0.1) is 11.8 Å². The van der Waals surface area contributed by atoms with E-state index in [0.717, 1.165) is 22.5 Å². The number of para-hydroxylation sites is 2. The van der Waals surface area contributed by atoms with Crippen molar-refractivity contribution in [2.24, 2.45) is 0 Å². The number of H-pyrrole nitrogens is 1. The average molecular weight is 403 g/mol. The minimum atomic E-state index is -0.114. The summed E-state index contributed by atoms with van der Waals surface area (Å²) in [6.07, 6.45) is 0. The first-order chi connectivity index (χ1) is 14.3. The maximum absolute atomic E-state index is 12.0. The number of amides is 1. The number of benzene rings is 3. The predicted molar refractivity (Wildman–Crippen MR) is 119 cm³/mol. The lowest BCUT2D eigenvalue weighted by atomic mass is 10.1. The number of rotatable bonds is 8. The van der Waals surface area contributed by atoms with E-state index in [1.807, 2.05) is 54.6 Å². The van der Waals surface area contributed by atoms with Crippen LogP contribution in [0.4, 0.5) is 0 Å².